The number of hydrogen-bond donors (Lipinski definition) is 1. The number of thioether (sulfide) groups is 1. The van der Waals surface area contributed by atoms with Crippen LogP contribution in [-0.4, -0.2) is 39.9 Å². The molecule has 1 N–H and O–H groups in total. The van der Waals surface area contributed by atoms with Crippen LogP contribution in [0.1, 0.15) is 49.5 Å². The van der Waals surface area contributed by atoms with E-state index in [4.69, 9.17) is 0 Å². The van der Waals surface area contributed by atoms with Crippen molar-refractivity contribution in [1.82, 2.24) is 10.2 Å². The van der Waals surface area contributed by atoms with Gasteiger partial charge in [-0.15, -0.1) is 11.8 Å². The van der Waals surface area contributed by atoms with E-state index in [-0.39, 0.29) is 29.3 Å². The Morgan fingerprint density at radius 2 is 2.04 bits per heavy atom. The van der Waals surface area contributed by atoms with E-state index in [2.05, 4.69) is 12.2 Å². The summed E-state index contributed by atoms with van der Waals surface area (Å²) in [5, 5.41) is 3.09. The molecule has 1 aliphatic heterocycles. The van der Waals surface area contributed by atoms with Crippen LogP contribution in [0.4, 0.5) is 0 Å². The van der Waals surface area contributed by atoms with Crippen molar-refractivity contribution >= 4 is 23.6 Å². The van der Waals surface area contributed by atoms with E-state index in [0.29, 0.717) is 11.3 Å². The second kappa shape index (κ2) is 7.86. The summed E-state index contributed by atoms with van der Waals surface area (Å²) in [6.45, 7) is 8.03. The van der Waals surface area contributed by atoms with Gasteiger partial charge in [-0.25, -0.2) is 0 Å². The van der Waals surface area contributed by atoms with E-state index < -0.39 is 0 Å². The largest absolute Gasteiger partial charge is 0.352 e. The Kier molecular flexibility index (Phi) is 6.10. The van der Waals surface area contributed by atoms with Crippen LogP contribution in [0.25, 0.3) is 0 Å². The maximum Gasteiger partial charge on any atom is 0.255 e. The molecule has 0 radical (unpaired) electrons. The SMILES string of the molecule is CCC(C)NC(=O)C1CSC(CC)N1C(=O)c1ccccc1C. The molecule has 1 saturated heterocycles. The summed E-state index contributed by atoms with van der Waals surface area (Å²) in [6.07, 6.45) is 1.73. The number of carbonyl (C=O) groups excluding carboxylic acids is 2. The van der Waals surface area contributed by atoms with Gasteiger partial charge >= 0.3 is 0 Å². The maximum absolute atomic E-state index is 13.0. The number of carbonyl (C=O) groups is 2. The smallest absolute Gasteiger partial charge is 0.255 e. The Balaban J connectivity index is 2.25. The van der Waals surface area contributed by atoms with Crippen LogP contribution in [0.5, 0.6) is 0 Å². The topological polar surface area (TPSA) is 49.4 Å². The summed E-state index contributed by atoms with van der Waals surface area (Å²) in [6, 6.07) is 7.32. The number of nitrogens with zero attached hydrogens (tertiary/aromatic N) is 1. The van der Waals surface area contributed by atoms with Crippen LogP contribution in [0, 0.1) is 6.92 Å². The van der Waals surface area contributed by atoms with Gasteiger partial charge in [0.15, 0.2) is 0 Å². The maximum atomic E-state index is 13.0. The predicted molar refractivity (Wildman–Crippen MR) is 95.6 cm³/mol. The van der Waals surface area contributed by atoms with Gasteiger partial charge in [-0.3, -0.25) is 9.59 Å². The van der Waals surface area contributed by atoms with Gasteiger partial charge < -0.3 is 10.2 Å². The highest BCUT2D eigenvalue weighted by atomic mass is 32.2. The standard InChI is InChI=1S/C18H26N2O2S/c1-5-13(4)19-17(21)15-11-23-16(6-2)20(15)18(22)14-10-8-7-9-12(14)3/h7-10,13,15-16H,5-6,11H2,1-4H3,(H,19,21). The third-order valence-corrected chi connectivity index (χ3v) is 5.81. The molecule has 2 amide bonds. The number of rotatable bonds is 5. The van der Waals surface area contributed by atoms with Gasteiger partial charge in [-0.1, -0.05) is 32.0 Å². The molecule has 1 aliphatic rings. The third-order valence-electron chi connectivity index (χ3n) is 4.36. The number of hydrogen-bond acceptors (Lipinski definition) is 3. The lowest BCUT2D eigenvalue weighted by Crippen LogP contribution is -2.51. The molecule has 1 heterocycles. The second-order valence-corrected chi connectivity index (χ2v) is 7.27. The summed E-state index contributed by atoms with van der Waals surface area (Å²) < 4.78 is 0. The molecule has 3 atom stereocenters. The first-order valence-electron chi connectivity index (χ1n) is 8.29. The van der Waals surface area contributed by atoms with Crippen LogP contribution in [0.3, 0.4) is 0 Å². The highest BCUT2D eigenvalue weighted by Gasteiger charge is 2.41. The van der Waals surface area contributed by atoms with Crippen LogP contribution in [-0.2, 0) is 4.79 Å². The molecule has 126 valence electrons. The fourth-order valence-corrected chi connectivity index (χ4v) is 4.10. The lowest BCUT2D eigenvalue weighted by molar-refractivity contribution is -0.125. The van der Waals surface area contributed by atoms with Gasteiger partial charge in [0.2, 0.25) is 5.91 Å². The first-order valence-corrected chi connectivity index (χ1v) is 9.34. The van der Waals surface area contributed by atoms with Crippen molar-refractivity contribution in [2.45, 2.75) is 58.0 Å². The molecule has 1 aromatic carbocycles. The predicted octanol–water partition coefficient (Wildman–Crippen LogP) is 3.20. The van der Waals surface area contributed by atoms with Crippen molar-refractivity contribution in [1.29, 1.82) is 0 Å². The minimum atomic E-state index is -0.383. The summed E-state index contributed by atoms with van der Waals surface area (Å²) in [4.78, 5) is 27.4. The monoisotopic (exact) mass is 334 g/mol. The normalized spacial score (nSPS) is 22.0. The quantitative estimate of drug-likeness (QED) is 0.899. The Hall–Kier alpha value is -1.49. The third kappa shape index (κ3) is 3.89. The second-order valence-electron chi connectivity index (χ2n) is 6.06. The molecule has 1 aromatic rings. The zero-order chi connectivity index (χ0) is 17.0. The number of benzene rings is 1. The van der Waals surface area contributed by atoms with Gasteiger partial charge in [0.25, 0.3) is 5.91 Å². The Bertz CT molecular complexity index is 576. The number of amides is 2. The van der Waals surface area contributed by atoms with Crippen molar-refractivity contribution in [3.05, 3.63) is 35.4 Å². The van der Waals surface area contributed by atoms with Gasteiger partial charge in [-0.2, -0.15) is 0 Å². The Labute approximate surface area is 143 Å². The molecule has 0 spiro atoms. The summed E-state index contributed by atoms with van der Waals surface area (Å²) in [5.74, 6) is 0.590. The van der Waals surface area contributed by atoms with E-state index in [0.717, 1.165) is 18.4 Å². The van der Waals surface area contributed by atoms with Gasteiger partial charge in [0.05, 0.1) is 5.37 Å². The zero-order valence-corrected chi connectivity index (χ0v) is 15.2. The Morgan fingerprint density at radius 3 is 2.65 bits per heavy atom. The van der Waals surface area contributed by atoms with Gasteiger partial charge in [0.1, 0.15) is 6.04 Å². The van der Waals surface area contributed by atoms with Crippen LogP contribution >= 0.6 is 11.8 Å². The number of nitrogens with one attached hydrogen (secondary N) is 1. The van der Waals surface area contributed by atoms with Crippen LogP contribution in [0.2, 0.25) is 0 Å². The van der Waals surface area contributed by atoms with Gasteiger partial charge in [0, 0.05) is 17.4 Å². The molecule has 0 aliphatic carbocycles. The molecule has 4 nitrogen and oxygen atoms in total. The molecule has 2 rings (SSSR count). The van der Waals surface area contributed by atoms with Crippen molar-refractivity contribution in [3.8, 4) is 0 Å². The molecule has 3 unspecified atom stereocenters. The van der Waals surface area contributed by atoms with Crippen molar-refractivity contribution in [2.24, 2.45) is 0 Å². The Morgan fingerprint density at radius 1 is 1.35 bits per heavy atom. The lowest BCUT2D eigenvalue weighted by Gasteiger charge is -2.29. The van der Waals surface area contributed by atoms with E-state index >= 15 is 0 Å². The average molecular weight is 334 g/mol. The van der Waals surface area contributed by atoms with Crippen molar-refractivity contribution in [2.75, 3.05) is 5.75 Å². The highest BCUT2D eigenvalue weighted by Crippen LogP contribution is 2.33. The van der Waals surface area contributed by atoms with Crippen molar-refractivity contribution in [3.63, 3.8) is 0 Å². The van der Waals surface area contributed by atoms with E-state index in [9.17, 15) is 9.59 Å². The minimum Gasteiger partial charge on any atom is -0.352 e. The van der Waals surface area contributed by atoms with Gasteiger partial charge in [-0.05, 0) is 38.3 Å². The summed E-state index contributed by atoms with van der Waals surface area (Å²) >= 11 is 1.69. The average Bonchev–Trinajstić information content (AvgIpc) is 2.98. The minimum absolute atomic E-state index is 0.0373. The molecule has 0 bridgehead atoms. The summed E-state index contributed by atoms with van der Waals surface area (Å²) in [7, 11) is 0. The highest BCUT2D eigenvalue weighted by molar-refractivity contribution is 8.00. The molecule has 0 aromatic heterocycles. The number of aryl methyl sites for hydroxylation is 1. The fourth-order valence-electron chi connectivity index (χ4n) is 2.75. The summed E-state index contributed by atoms with van der Waals surface area (Å²) in [5.41, 5.74) is 1.64. The first kappa shape index (κ1) is 17.9. The van der Waals surface area contributed by atoms with Crippen molar-refractivity contribution < 1.29 is 9.59 Å². The fraction of sp³-hybridized carbons (Fsp3) is 0.556. The molecule has 5 heteroatoms. The molecule has 23 heavy (non-hydrogen) atoms. The molecule has 1 fully saturated rings. The van der Waals surface area contributed by atoms with Crippen LogP contribution in [0.15, 0.2) is 24.3 Å². The van der Waals surface area contributed by atoms with Crippen LogP contribution < -0.4 is 5.32 Å². The molecule has 0 saturated carbocycles. The zero-order valence-electron chi connectivity index (χ0n) is 14.3. The van der Waals surface area contributed by atoms with E-state index in [1.54, 1.807) is 16.7 Å². The van der Waals surface area contributed by atoms with E-state index in [1.165, 1.54) is 0 Å². The van der Waals surface area contributed by atoms with E-state index in [1.807, 2.05) is 45.0 Å². The molecular weight excluding hydrogens is 308 g/mol. The molecular formula is C18H26N2O2S. The first-order chi connectivity index (χ1) is 11.0. The lowest BCUT2D eigenvalue weighted by atomic mass is 10.1.